The summed E-state index contributed by atoms with van der Waals surface area (Å²) in [5.41, 5.74) is 1.25. The molecule has 0 amide bonds. The Hall–Kier alpha value is -1.02. The predicted molar refractivity (Wildman–Crippen MR) is 64.7 cm³/mol. The third kappa shape index (κ3) is 3.24. The van der Waals surface area contributed by atoms with Gasteiger partial charge in [0.1, 0.15) is 5.75 Å². The van der Waals surface area contributed by atoms with Crippen molar-refractivity contribution in [2.24, 2.45) is 5.92 Å². The average molecular weight is 220 g/mol. The highest BCUT2D eigenvalue weighted by atomic mass is 16.7. The Kier molecular flexibility index (Phi) is 3.83. The summed E-state index contributed by atoms with van der Waals surface area (Å²) in [6, 6.07) is 8.17. The van der Waals surface area contributed by atoms with Crippen molar-refractivity contribution in [1.82, 2.24) is 0 Å². The first-order chi connectivity index (χ1) is 7.77. The Labute approximate surface area is 97.6 Å². The Morgan fingerprint density at radius 1 is 1.25 bits per heavy atom. The van der Waals surface area contributed by atoms with Crippen molar-refractivity contribution >= 4 is 0 Å². The lowest BCUT2D eigenvalue weighted by molar-refractivity contribution is 0.00936. The minimum Gasteiger partial charge on any atom is -0.467 e. The van der Waals surface area contributed by atoms with E-state index in [1.807, 2.05) is 18.2 Å². The van der Waals surface area contributed by atoms with E-state index in [0.29, 0.717) is 12.7 Å². The number of rotatable bonds is 6. The summed E-state index contributed by atoms with van der Waals surface area (Å²) in [4.78, 5) is 0. The van der Waals surface area contributed by atoms with Crippen LogP contribution in [0, 0.1) is 5.92 Å². The van der Waals surface area contributed by atoms with Crippen molar-refractivity contribution in [3.05, 3.63) is 29.8 Å². The minimum atomic E-state index is 0.375. The standard InChI is InChI=1S/C14H20O2/c1-11(2)13-5-3-4-6-14(13)16-10-15-9-12-7-8-12/h3-6,11-12H,7-10H2,1-2H3. The third-order valence-electron chi connectivity index (χ3n) is 2.89. The van der Waals surface area contributed by atoms with Crippen molar-refractivity contribution in [2.75, 3.05) is 13.4 Å². The third-order valence-corrected chi connectivity index (χ3v) is 2.89. The Bertz CT molecular complexity index is 329. The molecule has 2 heteroatoms. The first-order valence-electron chi connectivity index (χ1n) is 6.07. The summed E-state index contributed by atoms with van der Waals surface area (Å²) in [6.07, 6.45) is 2.64. The van der Waals surface area contributed by atoms with E-state index in [-0.39, 0.29) is 0 Å². The molecule has 0 aromatic heterocycles. The molecule has 16 heavy (non-hydrogen) atoms. The molecule has 1 aliphatic rings. The first-order valence-corrected chi connectivity index (χ1v) is 6.07. The number of benzene rings is 1. The fourth-order valence-corrected chi connectivity index (χ4v) is 1.69. The molecular weight excluding hydrogens is 200 g/mol. The van der Waals surface area contributed by atoms with Gasteiger partial charge in [-0.25, -0.2) is 0 Å². The lowest BCUT2D eigenvalue weighted by atomic mass is 10.0. The number of hydrogen-bond donors (Lipinski definition) is 0. The maximum atomic E-state index is 5.65. The highest BCUT2D eigenvalue weighted by molar-refractivity contribution is 5.35. The van der Waals surface area contributed by atoms with Crippen molar-refractivity contribution in [3.63, 3.8) is 0 Å². The van der Waals surface area contributed by atoms with Crippen molar-refractivity contribution in [3.8, 4) is 5.75 Å². The molecule has 0 heterocycles. The van der Waals surface area contributed by atoms with Crippen LogP contribution in [0.2, 0.25) is 0 Å². The molecule has 0 aliphatic heterocycles. The molecule has 0 atom stereocenters. The zero-order chi connectivity index (χ0) is 11.4. The SMILES string of the molecule is CC(C)c1ccccc1OCOCC1CC1. The molecule has 0 saturated heterocycles. The summed E-state index contributed by atoms with van der Waals surface area (Å²) < 4.78 is 11.1. The van der Waals surface area contributed by atoms with Gasteiger partial charge in [0.2, 0.25) is 0 Å². The lowest BCUT2D eigenvalue weighted by Crippen LogP contribution is -2.06. The molecule has 0 N–H and O–H groups in total. The molecule has 1 saturated carbocycles. The Morgan fingerprint density at radius 3 is 2.69 bits per heavy atom. The molecule has 1 fully saturated rings. The zero-order valence-electron chi connectivity index (χ0n) is 10.1. The minimum absolute atomic E-state index is 0.375. The molecule has 88 valence electrons. The van der Waals surface area contributed by atoms with Gasteiger partial charge in [-0.15, -0.1) is 0 Å². The van der Waals surface area contributed by atoms with Crippen LogP contribution in [0.5, 0.6) is 5.75 Å². The number of para-hydroxylation sites is 1. The smallest absolute Gasteiger partial charge is 0.189 e. The van der Waals surface area contributed by atoms with E-state index in [0.717, 1.165) is 18.3 Å². The lowest BCUT2D eigenvalue weighted by Gasteiger charge is -2.13. The van der Waals surface area contributed by atoms with Crippen LogP contribution in [-0.2, 0) is 4.74 Å². The number of ether oxygens (including phenoxy) is 2. The molecular formula is C14H20O2. The summed E-state index contributed by atoms with van der Waals surface area (Å²) in [5.74, 6) is 2.23. The normalized spacial score (nSPS) is 15.4. The summed E-state index contributed by atoms with van der Waals surface area (Å²) in [6.45, 7) is 5.57. The van der Waals surface area contributed by atoms with Gasteiger partial charge in [0.15, 0.2) is 6.79 Å². The van der Waals surface area contributed by atoms with Gasteiger partial charge >= 0.3 is 0 Å². The van der Waals surface area contributed by atoms with Gasteiger partial charge in [-0.3, -0.25) is 0 Å². The van der Waals surface area contributed by atoms with Crippen LogP contribution in [0.3, 0.4) is 0 Å². The van der Waals surface area contributed by atoms with Gasteiger partial charge in [0.05, 0.1) is 6.61 Å². The molecule has 1 aliphatic carbocycles. The fourth-order valence-electron chi connectivity index (χ4n) is 1.69. The second kappa shape index (κ2) is 5.35. The van der Waals surface area contributed by atoms with Gasteiger partial charge in [0.25, 0.3) is 0 Å². The van der Waals surface area contributed by atoms with Crippen LogP contribution in [0.4, 0.5) is 0 Å². The molecule has 0 spiro atoms. The molecule has 2 rings (SSSR count). The van der Waals surface area contributed by atoms with Crippen LogP contribution in [-0.4, -0.2) is 13.4 Å². The van der Waals surface area contributed by atoms with E-state index in [2.05, 4.69) is 19.9 Å². The van der Waals surface area contributed by atoms with Crippen LogP contribution in [0.15, 0.2) is 24.3 Å². The summed E-state index contributed by atoms with van der Waals surface area (Å²) >= 11 is 0. The highest BCUT2D eigenvalue weighted by Crippen LogP contribution is 2.29. The first kappa shape index (κ1) is 11.5. The second-order valence-corrected chi connectivity index (χ2v) is 4.77. The van der Waals surface area contributed by atoms with E-state index in [1.165, 1.54) is 18.4 Å². The maximum Gasteiger partial charge on any atom is 0.189 e. The van der Waals surface area contributed by atoms with Gasteiger partial charge < -0.3 is 9.47 Å². The van der Waals surface area contributed by atoms with E-state index in [1.54, 1.807) is 0 Å². The fraction of sp³-hybridized carbons (Fsp3) is 0.571. The predicted octanol–water partition coefficient (Wildman–Crippen LogP) is 3.57. The summed E-state index contributed by atoms with van der Waals surface area (Å²) in [7, 11) is 0. The molecule has 1 aromatic carbocycles. The average Bonchev–Trinajstić information content (AvgIpc) is 3.08. The van der Waals surface area contributed by atoms with E-state index >= 15 is 0 Å². The maximum absolute atomic E-state index is 5.65. The van der Waals surface area contributed by atoms with Crippen LogP contribution >= 0.6 is 0 Å². The van der Waals surface area contributed by atoms with Crippen molar-refractivity contribution < 1.29 is 9.47 Å². The van der Waals surface area contributed by atoms with Gasteiger partial charge in [-0.1, -0.05) is 32.0 Å². The molecule has 0 bridgehead atoms. The second-order valence-electron chi connectivity index (χ2n) is 4.77. The van der Waals surface area contributed by atoms with Gasteiger partial charge in [-0.05, 0) is 36.3 Å². The van der Waals surface area contributed by atoms with Crippen LogP contribution in [0.25, 0.3) is 0 Å². The number of hydrogen-bond acceptors (Lipinski definition) is 2. The topological polar surface area (TPSA) is 18.5 Å². The molecule has 1 aromatic rings. The van der Waals surface area contributed by atoms with E-state index in [9.17, 15) is 0 Å². The van der Waals surface area contributed by atoms with Gasteiger partial charge in [-0.2, -0.15) is 0 Å². The quantitative estimate of drug-likeness (QED) is 0.539. The molecule has 0 radical (unpaired) electrons. The Morgan fingerprint density at radius 2 is 2.00 bits per heavy atom. The molecule has 0 unspecified atom stereocenters. The Balaban J connectivity index is 1.82. The van der Waals surface area contributed by atoms with E-state index in [4.69, 9.17) is 9.47 Å². The van der Waals surface area contributed by atoms with Crippen LogP contribution < -0.4 is 4.74 Å². The summed E-state index contributed by atoms with van der Waals surface area (Å²) in [5, 5.41) is 0. The van der Waals surface area contributed by atoms with Crippen molar-refractivity contribution in [2.45, 2.75) is 32.6 Å². The van der Waals surface area contributed by atoms with E-state index < -0.39 is 0 Å². The highest BCUT2D eigenvalue weighted by Gasteiger charge is 2.21. The monoisotopic (exact) mass is 220 g/mol. The molecule has 2 nitrogen and oxygen atoms in total. The zero-order valence-corrected chi connectivity index (χ0v) is 10.1. The van der Waals surface area contributed by atoms with Crippen LogP contribution in [0.1, 0.15) is 38.2 Å². The van der Waals surface area contributed by atoms with Gasteiger partial charge in [0, 0.05) is 0 Å². The van der Waals surface area contributed by atoms with Crippen molar-refractivity contribution in [1.29, 1.82) is 0 Å². The largest absolute Gasteiger partial charge is 0.467 e.